The van der Waals surface area contributed by atoms with Gasteiger partial charge in [0.1, 0.15) is 5.75 Å². The molecule has 0 aliphatic carbocycles. The fraction of sp³-hybridized carbons (Fsp3) is 0.158. The Hall–Kier alpha value is -2.08. The number of halogens is 4. The van der Waals surface area contributed by atoms with Gasteiger partial charge in [0.15, 0.2) is 17.7 Å². The first-order valence-corrected chi connectivity index (χ1v) is 11.8. The summed E-state index contributed by atoms with van der Waals surface area (Å²) < 4.78 is 74.6. The molecule has 158 valence electrons. The molecular formula is C19H13BrF3NO4S2. The summed E-state index contributed by atoms with van der Waals surface area (Å²) in [6, 6.07) is 10.6. The van der Waals surface area contributed by atoms with Gasteiger partial charge in [-0.1, -0.05) is 18.2 Å². The van der Waals surface area contributed by atoms with Gasteiger partial charge in [-0.25, -0.2) is 17.9 Å². The van der Waals surface area contributed by atoms with Crippen molar-refractivity contribution in [1.82, 2.24) is 0 Å². The van der Waals surface area contributed by atoms with Crippen molar-refractivity contribution >= 4 is 37.3 Å². The second-order valence-electron chi connectivity index (χ2n) is 6.50. The van der Waals surface area contributed by atoms with Crippen molar-refractivity contribution in [2.24, 2.45) is 5.14 Å². The molecule has 0 amide bonds. The van der Waals surface area contributed by atoms with Crippen LogP contribution in [0.15, 0.2) is 46.3 Å². The van der Waals surface area contributed by atoms with E-state index in [2.05, 4.69) is 20.7 Å². The number of alkyl halides is 2. The van der Waals surface area contributed by atoms with Gasteiger partial charge in [-0.3, -0.25) is 0 Å². The summed E-state index contributed by atoms with van der Waals surface area (Å²) >= 11 is 4.78. The summed E-state index contributed by atoms with van der Waals surface area (Å²) in [6.45, 7) is -3.23. The number of nitrogens with two attached hydrogens (primary N) is 1. The maximum absolute atomic E-state index is 14.3. The van der Waals surface area contributed by atoms with E-state index in [1.807, 2.05) is 12.1 Å². The van der Waals surface area contributed by atoms with Crippen molar-refractivity contribution < 1.29 is 31.1 Å². The Morgan fingerprint density at radius 1 is 1.20 bits per heavy atom. The van der Waals surface area contributed by atoms with Crippen molar-refractivity contribution in [2.45, 2.75) is 18.5 Å². The number of fused-ring (bicyclic) bond motifs is 3. The van der Waals surface area contributed by atoms with Gasteiger partial charge in [0.25, 0.3) is 0 Å². The van der Waals surface area contributed by atoms with E-state index in [1.54, 1.807) is 6.07 Å². The maximum atomic E-state index is 14.3. The van der Waals surface area contributed by atoms with Gasteiger partial charge >= 0.3 is 6.61 Å². The molecule has 0 saturated carbocycles. The maximum Gasteiger partial charge on any atom is 0.387 e. The Morgan fingerprint density at radius 2 is 1.97 bits per heavy atom. The number of sulfonamides is 1. The van der Waals surface area contributed by atoms with Crippen molar-refractivity contribution in [3.63, 3.8) is 0 Å². The fourth-order valence-corrected chi connectivity index (χ4v) is 5.46. The minimum atomic E-state index is -3.80. The highest BCUT2D eigenvalue weighted by Crippen LogP contribution is 2.51. The smallest absolute Gasteiger partial charge is 0.387 e. The Kier molecular flexibility index (Phi) is 5.56. The number of benzene rings is 2. The molecule has 1 unspecified atom stereocenters. The Labute approximate surface area is 182 Å². The van der Waals surface area contributed by atoms with E-state index >= 15 is 0 Å². The lowest BCUT2D eigenvalue weighted by molar-refractivity contribution is -0.0519. The zero-order chi connectivity index (χ0) is 21.6. The lowest BCUT2D eigenvalue weighted by atomic mass is 9.90. The van der Waals surface area contributed by atoms with Gasteiger partial charge in [0, 0.05) is 5.56 Å². The van der Waals surface area contributed by atoms with E-state index < -0.39 is 40.1 Å². The third-order valence-electron chi connectivity index (χ3n) is 4.41. The highest BCUT2D eigenvalue weighted by molar-refractivity contribution is 9.11. The van der Waals surface area contributed by atoms with Gasteiger partial charge in [-0.2, -0.15) is 8.78 Å². The highest BCUT2D eigenvalue weighted by Gasteiger charge is 2.33. The predicted octanol–water partition coefficient (Wildman–Crippen LogP) is 5.19. The molecule has 5 nitrogen and oxygen atoms in total. The van der Waals surface area contributed by atoms with Crippen LogP contribution in [0, 0.1) is 5.82 Å². The number of thiophene rings is 1. The zero-order valence-electron chi connectivity index (χ0n) is 14.9. The monoisotopic (exact) mass is 519 g/mol. The zero-order valence-corrected chi connectivity index (χ0v) is 18.2. The molecule has 0 bridgehead atoms. The largest absolute Gasteiger partial charge is 0.479 e. The van der Waals surface area contributed by atoms with Crippen LogP contribution in [0.1, 0.15) is 22.1 Å². The van der Waals surface area contributed by atoms with Crippen LogP contribution >= 0.6 is 27.3 Å². The fourth-order valence-electron chi connectivity index (χ4n) is 3.35. The van der Waals surface area contributed by atoms with Crippen LogP contribution in [-0.4, -0.2) is 15.0 Å². The Morgan fingerprint density at radius 3 is 2.60 bits per heavy atom. The average molecular weight is 520 g/mol. The first-order valence-electron chi connectivity index (χ1n) is 8.45. The minimum Gasteiger partial charge on any atom is -0.479 e. The van der Waals surface area contributed by atoms with Crippen LogP contribution in [0.4, 0.5) is 13.2 Å². The molecule has 0 fully saturated rings. The van der Waals surface area contributed by atoms with Gasteiger partial charge in [-0.15, -0.1) is 11.3 Å². The van der Waals surface area contributed by atoms with Crippen LogP contribution < -0.4 is 14.6 Å². The van der Waals surface area contributed by atoms with Gasteiger partial charge in [0.05, 0.1) is 20.0 Å². The third-order valence-corrected chi connectivity index (χ3v) is 6.81. The van der Waals surface area contributed by atoms with Crippen molar-refractivity contribution in [3.05, 3.63) is 68.1 Å². The molecule has 1 aliphatic rings. The van der Waals surface area contributed by atoms with Crippen LogP contribution in [0.5, 0.6) is 11.5 Å². The van der Waals surface area contributed by atoms with Crippen LogP contribution in [0.3, 0.4) is 0 Å². The van der Waals surface area contributed by atoms with E-state index in [9.17, 15) is 21.6 Å². The van der Waals surface area contributed by atoms with Gasteiger partial charge < -0.3 is 9.47 Å². The van der Waals surface area contributed by atoms with Crippen molar-refractivity contribution in [2.75, 3.05) is 0 Å². The van der Waals surface area contributed by atoms with Gasteiger partial charge in [0.2, 0.25) is 10.0 Å². The molecule has 4 rings (SSSR count). The average Bonchev–Trinajstić information content (AvgIpc) is 3.07. The predicted molar refractivity (Wildman–Crippen MR) is 110 cm³/mol. The lowest BCUT2D eigenvalue weighted by Gasteiger charge is -2.30. The highest BCUT2D eigenvalue weighted by atomic mass is 79.9. The second kappa shape index (κ2) is 7.88. The third kappa shape index (κ3) is 4.20. The molecule has 1 aliphatic heterocycles. The number of hydrogen-bond donors (Lipinski definition) is 1. The number of hydrogen-bond acceptors (Lipinski definition) is 5. The van der Waals surface area contributed by atoms with E-state index in [0.29, 0.717) is 16.7 Å². The molecule has 0 spiro atoms. The summed E-state index contributed by atoms with van der Waals surface area (Å²) in [5, 5.41) is 5.15. The summed E-state index contributed by atoms with van der Waals surface area (Å²) in [5.41, 5.74) is 1.32. The summed E-state index contributed by atoms with van der Waals surface area (Å²) in [4.78, 5) is 0.780. The normalized spacial score (nSPS) is 15.5. The molecule has 3 aromatic rings. The van der Waals surface area contributed by atoms with Gasteiger partial charge in [-0.05, 0) is 51.3 Å². The SMILES string of the molecule is NS(=O)(=O)Cc1ccc2c(c1)C(c1ccc(Br)s1)Oc1ccc(F)c(OC(F)F)c1-2. The molecule has 0 saturated heterocycles. The van der Waals surface area contributed by atoms with Crippen LogP contribution in [-0.2, 0) is 15.8 Å². The van der Waals surface area contributed by atoms with E-state index in [-0.39, 0.29) is 11.3 Å². The standard InChI is InChI=1S/C19H13BrF3NO4S2/c20-15-6-5-14(29-15)17-11-7-9(8-30(24,25)26)1-2-10(11)16-13(27-17)4-3-12(21)18(16)28-19(22)23/h1-7,17,19H,8H2,(H2,24,25,26). The van der Waals surface area contributed by atoms with Crippen LogP contribution in [0.2, 0.25) is 0 Å². The van der Waals surface area contributed by atoms with E-state index in [0.717, 1.165) is 14.7 Å². The molecule has 1 aromatic heterocycles. The lowest BCUT2D eigenvalue weighted by Crippen LogP contribution is -2.18. The molecular weight excluding hydrogens is 507 g/mol. The molecule has 1 atom stereocenters. The summed E-state index contributed by atoms with van der Waals surface area (Å²) in [6.07, 6.45) is -0.658. The number of primary sulfonamides is 1. The Balaban J connectivity index is 1.94. The minimum absolute atomic E-state index is 0.0410. The topological polar surface area (TPSA) is 78.6 Å². The number of rotatable bonds is 5. The molecule has 0 radical (unpaired) electrons. The molecule has 30 heavy (non-hydrogen) atoms. The van der Waals surface area contributed by atoms with E-state index in [4.69, 9.17) is 9.88 Å². The van der Waals surface area contributed by atoms with E-state index in [1.165, 1.54) is 29.5 Å². The first kappa shape index (κ1) is 21.2. The Bertz CT molecular complexity index is 1230. The molecule has 2 N–H and O–H groups in total. The molecule has 2 heterocycles. The molecule has 11 heteroatoms. The second-order valence-corrected chi connectivity index (χ2v) is 10.6. The van der Waals surface area contributed by atoms with Crippen LogP contribution in [0.25, 0.3) is 11.1 Å². The quantitative estimate of drug-likeness (QED) is 0.503. The summed E-state index contributed by atoms with van der Waals surface area (Å²) in [5.74, 6) is -1.84. The summed E-state index contributed by atoms with van der Waals surface area (Å²) in [7, 11) is -3.80. The van der Waals surface area contributed by atoms with Crippen molar-refractivity contribution in [1.29, 1.82) is 0 Å². The number of ether oxygens (including phenoxy) is 2. The first-order chi connectivity index (χ1) is 14.1. The van der Waals surface area contributed by atoms with Crippen molar-refractivity contribution in [3.8, 4) is 22.6 Å². The molecule has 2 aromatic carbocycles.